The first-order chi connectivity index (χ1) is 10.2. The zero-order valence-electron chi connectivity index (χ0n) is 12.7. The van der Waals surface area contributed by atoms with Crippen LogP contribution in [0.15, 0.2) is 34.9 Å². The molecule has 0 radical (unpaired) electrons. The fourth-order valence-corrected chi connectivity index (χ4v) is 2.20. The Labute approximate surface area is 125 Å². The van der Waals surface area contributed by atoms with E-state index in [1.54, 1.807) is 0 Å². The van der Waals surface area contributed by atoms with Gasteiger partial charge in [0.2, 0.25) is 11.7 Å². The number of benzene rings is 1. The van der Waals surface area contributed by atoms with Crippen LogP contribution in [0.25, 0.3) is 0 Å². The fourth-order valence-electron chi connectivity index (χ4n) is 2.20. The van der Waals surface area contributed by atoms with Crippen molar-refractivity contribution in [3.05, 3.63) is 47.6 Å². The summed E-state index contributed by atoms with van der Waals surface area (Å²) in [5, 5.41) is 3.99. The van der Waals surface area contributed by atoms with Crippen molar-refractivity contribution >= 4 is 0 Å². The number of rotatable bonds is 8. The van der Waals surface area contributed by atoms with Gasteiger partial charge in [0, 0.05) is 6.61 Å². The van der Waals surface area contributed by atoms with E-state index in [4.69, 9.17) is 15.0 Å². The molecule has 2 unspecified atom stereocenters. The molecule has 1 heterocycles. The molecule has 21 heavy (non-hydrogen) atoms. The fraction of sp³-hybridized carbons (Fsp3) is 0.500. The first kappa shape index (κ1) is 15.7. The van der Waals surface area contributed by atoms with Gasteiger partial charge in [-0.15, -0.1) is 0 Å². The van der Waals surface area contributed by atoms with Crippen molar-refractivity contribution in [1.29, 1.82) is 0 Å². The lowest BCUT2D eigenvalue weighted by atomic mass is 10.1. The summed E-state index contributed by atoms with van der Waals surface area (Å²) < 4.78 is 10.9. The van der Waals surface area contributed by atoms with Crippen molar-refractivity contribution < 1.29 is 9.26 Å². The average Bonchev–Trinajstić information content (AvgIpc) is 3.01. The molecule has 0 aliphatic heterocycles. The van der Waals surface area contributed by atoms with Crippen LogP contribution in [0.5, 0.6) is 0 Å². The van der Waals surface area contributed by atoms with Gasteiger partial charge < -0.3 is 15.0 Å². The van der Waals surface area contributed by atoms with Crippen LogP contribution < -0.4 is 5.73 Å². The van der Waals surface area contributed by atoms with Crippen LogP contribution in [0.3, 0.4) is 0 Å². The van der Waals surface area contributed by atoms with Crippen molar-refractivity contribution in [2.75, 3.05) is 6.61 Å². The predicted molar refractivity (Wildman–Crippen MR) is 80.6 cm³/mol. The quantitative estimate of drug-likeness (QED) is 0.807. The van der Waals surface area contributed by atoms with Crippen LogP contribution in [0.1, 0.15) is 56.1 Å². The maximum absolute atomic E-state index is 6.13. The lowest BCUT2D eigenvalue weighted by Crippen LogP contribution is -2.12. The number of nitrogens with zero attached hydrogens (tertiary/aromatic N) is 2. The normalized spacial score (nSPS) is 14.0. The summed E-state index contributed by atoms with van der Waals surface area (Å²) in [5.41, 5.74) is 7.39. The molecule has 0 bridgehead atoms. The Bertz CT molecular complexity index is 527. The third-order valence-electron chi connectivity index (χ3n) is 3.39. The number of ether oxygens (including phenoxy) is 1. The Morgan fingerprint density at radius 2 is 2.00 bits per heavy atom. The number of aromatic nitrogens is 2. The molecule has 0 spiro atoms. The standard InChI is InChI=1S/C16H23N3O2/c1-3-14(20-4-2)15-18-16(21-19-15)13(17)11-10-12-8-6-5-7-9-12/h5-9,13-14H,3-4,10-11,17H2,1-2H3. The molecule has 114 valence electrons. The molecular formula is C16H23N3O2. The Balaban J connectivity index is 1.93. The monoisotopic (exact) mass is 289 g/mol. The van der Waals surface area contributed by atoms with Gasteiger partial charge in [-0.2, -0.15) is 4.98 Å². The van der Waals surface area contributed by atoms with Gasteiger partial charge in [-0.25, -0.2) is 0 Å². The van der Waals surface area contributed by atoms with E-state index in [1.165, 1.54) is 5.56 Å². The van der Waals surface area contributed by atoms with E-state index in [-0.39, 0.29) is 12.1 Å². The van der Waals surface area contributed by atoms with Crippen LogP contribution in [-0.2, 0) is 11.2 Å². The summed E-state index contributed by atoms with van der Waals surface area (Å²) in [4.78, 5) is 4.38. The topological polar surface area (TPSA) is 74.2 Å². The van der Waals surface area contributed by atoms with Crippen LogP contribution >= 0.6 is 0 Å². The molecule has 2 atom stereocenters. The Kier molecular flexibility index (Phi) is 5.90. The smallest absolute Gasteiger partial charge is 0.243 e. The highest BCUT2D eigenvalue weighted by Crippen LogP contribution is 2.21. The lowest BCUT2D eigenvalue weighted by molar-refractivity contribution is 0.0518. The number of nitrogens with two attached hydrogens (primary N) is 1. The molecule has 0 saturated carbocycles. The van der Waals surface area contributed by atoms with E-state index in [2.05, 4.69) is 22.3 Å². The molecule has 2 N–H and O–H groups in total. The van der Waals surface area contributed by atoms with E-state index in [0.29, 0.717) is 18.3 Å². The SMILES string of the molecule is CCOC(CC)c1noc(C(N)CCc2ccccc2)n1. The predicted octanol–water partition coefficient (Wildman–Crippen LogP) is 3.19. The van der Waals surface area contributed by atoms with Crippen molar-refractivity contribution in [2.45, 2.75) is 45.3 Å². The van der Waals surface area contributed by atoms with Gasteiger partial charge in [0.05, 0.1) is 6.04 Å². The highest BCUT2D eigenvalue weighted by Gasteiger charge is 2.20. The molecule has 1 aromatic carbocycles. The second kappa shape index (κ2) is 7.90. The Hall–Kier alpha value is -1.72. The van der Waals surface area contributed by atoms with Crippen LogP contribution in [0, 0.1) is 0 Å². The van der Waals surface area contributed by atoms with Crippen LogP contribution in [-0.4, -0.2) is 16.7 Å². The van der Waals surface area contributed by atoms with E-state index in [9.17, 15) is 0 Å². The van der Waals surface area contributed by atoms with E-state index in [0.717, 1.165) is 19.3 Å². The number of hydrogen-bond acceptors (Lipinski definition) is 5. The van der Waals surface area contributed by atoms with Crippen molar-refractivity contribution in [3.63, 3.8) is 0 Å². The molecule has 5 heteroatoms. The molecule has 0 saturated heterocycles. The summed E-state index contributed by atoms with van der Waals surface area (Å²) in [5.74, 6) is 1.07. The number of aryl methyl sites for hydroxylation is 1. The minimum Gasteiger partial charge on any atom is -0.370 e. The largest absolute Gasteiger partial charge is 0.370 e. The van der Waals surface area contributed by atoms with Crippen LogP contribution in [0.4, 0.5) is 0 Å². The maximum Gasteiger partial charge on any atom is 0.243 e. The molecular weight excluding hydrogens is 266 g/mol. The summed E-state index contributed by atoms with van der Waals surface area (Å²) in [6.07, 6.45) is 2.36. The minimum absolute atomic E-state index is 0.117. The lowest BCUT2D eigenvalue weighted by Gasteiger charge is -2.09. The van der Waals surface area contributed by atoms with Gasteiger partial charge in [-0.1, -0.05) is 42.4 Å². The molecule has 2 aromatic rings. The van der Waals surface area contributed by atoms with Gasteiger partial charge in [0.15, 0.2) is 0 Å². The van der Waals surface area contributed by atoms with Crippen LogP contribution in [0.2, 0.25) is 0 Å². The van der Waals surface area contributed by atoms with Gasteiger partial charge in [0.1, 0.15) is 6.10 Å². The summed E-state index contributed by atoms with van der Waals surface area (Å²) >= 11 is 0. The third-order valence-corrected chi connectivity index (χ3v) is 3.39. The molecule has 5 nitrogen and oxygen atoms in total. The highest BCUT2D eigenvalue weighted by atomic mass is 16.5. The Morgan fingerprint density at radius 3 is 2.67 bits per heavy atom. The summed E-state index contributed by atoms with van der Waals surface area (Å²) in [7, 11) is 0. The van der Waals surface area contributed by atoms with Gasteiger partial charge in [0.25, 0.3) is 0 Å². The van der Waals surface area contributed by atoms with Crippen molar-refractivity contribution in [1.82, 2.24) is 10.1 Å². The van der Waals surface area contributed by atoms with Gasteiger partial charge in [-0.05, 0) is 31.7 Å². The Morgan fingerprint density at radius 1 is 1.24 bits per heavy atom. The van der Waals surface area contributed by atoms with E-state index >= 15 is 0 Å². The van der Waals surface area contributed by atoms with E-state index in [1.807, 2.05) is 32.0 Å². The summed E-state index contributed by atoms with van der Waals surface area (Å²) in [6.45, 7) is 4.61. The molecule has 1 aromatic heterocycles. The molecule has 0 fully saturated rings. The molecule has 0 aliphatic rings. The first-order valence-electron chi connectivity index (χ1n) is 7.49. The molecule has 0 amide bonds. The second-order valence-corrected chi connectivity index (χ2v) is 4.97. The van der Waals surface area contributed by atoms with Gasteiger partial charge >= 0.3 is 0 Å². The zero-order valence-corrected chi connectivity index (χ0v) is 12.7. The first-order valence-corrected chi connectivity index (χ1v) is 7.49. The van der Waals surface area contributed by atoms with E-state index < -0.39 is 0 Å². The minimum atomic E-state index is -0.245. The van der Waals surface area contributed by atoms with Gasteiger partial charge in [-0.3, -0.25) is 0 Å². The van der Waals surface area contributed by atoms with Crippen molar-refractivity contribution in [3.8, 4) is 0 Å². The van der Waals surface area contributed by atoms with Crippen molar-refractivity contribution in [2.24, 2.45) is 5.73 Å². The number of hydrogen-bond donors (Lipinski definition) is 1. The second-order valence-electron chi connectivity index (χ2n) is 4.97. The third kappa shape index (κ3) is 4.37. The highest BCUT2D eigenvalue weighted by molar-refractivity contribution is 5.15. The summed E-state index contributed by atoms with van der Waals surface area (Å²) in [6, 6.07) is 10.00. The molecule has 2 rings (SSSR count). The zero-order chi connectivity index (χ0) is 15.1. The average molecular weight is 289 g/mol. The molecule has 0 aliphatic carbocycles. The maximum atomic E-state index is 6.13.